The van der Waals surface area contributed by atoms with Crippen LogP contribution in [0, 0.1) is 5.92 Å². The molecule has 4 heteroatoms. The summed E-state index contributed by atoms with van der Waals surface area (Å²) in [5.41, 5.74) is 6.94. The minimum Gasteiger partial charge on any atom is -0.329 e. The van der Waals surface area contributed by atoms with Crippen molar-refractivity contribution in [3.05, 3.63) is 24.3 Å². The molecule has 1 fully saturated rings. The van der Waals surface area contributed by atoms with Crippen LogP contribution in [0.5, 0.6) is 0 Å². The Morgan fingerprint density at radius 2 is 2.35 bits per heavy atom. The number of rotatable bonds is 3. The molecule has 2 rings (SSSR count). The van der Waals surface area contributed by atoms with Crippen molar-refractivity contribution in [3.63, 3.8) is 0 Å². The molecule has 0 amide bonds. The summed E-state index contributed by atoms with van der Waals surface area (Å²) in [6, 6.07) is 0.792. The summed E-state index contributed by atoms with van der Waals surface area (Å²) in [6.45, 7) is 6.35. The standard InChI is InChI=1S/C13H22N4/c1-10-3-6-17(12(7-10)8-14)11(2)13-9-15-4-5-16-13/h4-5,9-12H,3,6-8,14H2,1-2H3. The number of hydrogen-bond acceptors (Lipinski definition) is 4. The Labute approximate surface area is 103 Å². The van der Waals surface area contributed by atoms with E-state index in [4.69, 9.17) is 5.73 Å². The largest absolute Gasteiger partial charge is 0.329 e. The summed E-state index contributed by atoms with van der Waals surface area (Å²) in [4.78, 5) is 11.0. The highest BCUT2D eigenvalue weighted by Crippen LogP contribution is 2.29. The summed E-state index contributed by atoms with van der Waals surface area (Å²) in [5.74, 6) is 0.786. The molecule has 2 heterocycles. The normalized spacial score (nSPS) is 27.9. The predicted molar refractivity (Wildman–Crippen MR) is 68.4 cm³/mol. The van der Waals surface area contributed by atoms with E-state index in [1.54, 1.807) is 12.4 Å². The predicted octanol–water partition coefficient (Wildman–Crippen LogP) is 1.60. The van der Waals surface area contributed by atoms with E-state index in [-0.39, 0.29) is 0 Å². The number of piperidine rings is 1. The first-order valence-electron chi connectivity index (χ1n) is 6.44. The van der Waals surface area contributed by atoms with Gasteiger partial charge in [-0.1, -0.05) is 6.92 Å². The first-order chi connectivity index (χ1) is 8.22. The fourth-order valence-electron chi connectivity index (χ4n) is 2.71. The van der Waals surface area contributed by atoms with Crippen molar-refractivity contribution in [1.29, 1.82) is 0 Å². The monoisotopic (exact) mass is 234 g/mol. The maximum Gasteiger partial charge on any atom is 0.0755 e. The Kier molecular flexibility index (Phi) is 4.07. The molecule has 3 unspecified atom stereocenters. The number of nitrogens with two attached hydrogens (primary N) is 1. The molecule has 1 aliphatic heterocycles. The second-order valence-electron chi connectivity index (χ2n) is 5.06. The highest BCUT2D eigenvalue weighted by atomic mass is 15.2. The van der Waals surface area contributed by atoms with Crippen LogP contribution in [0.3, 0.4) is 0 Å². The highest BCUT2D eigenvalue weighted by Gasteiger charge is 2.29. The Balaban J connectivity index is 2.10. The van der Waals surface area contributed by atoms with Gasteiger partial charge in [0.1, 0.15) is 0 Å². The van der Waals surface area contributed by atoms with Crippen LogP contribution in [0.1, 0.15) is 38.4 Å². The van der Waals surface area contributed by atoms with Crippen molar-refractivity contribution in [1.82, 2.24) is 14.9 Å². The van der Waals surface area contributed by atoms with E-state index in [1.165, 1.54) is 12.8 Å². The van der Waals surface area contributed by atoms with E-state index in [9.17, 15) is 0 Å². The van der Waals surface area contributed by atoms with Crippen LogP contribution in [0.25, 0.3) is 0 Å². The minimum atomic E-state index is 0.310. The lowest BCUT2D eigenvalue weighted by atomic mass is 9.91. The van der Waals surface area contributed by atoms with Gasteiger partial charge in [-0.2, -0.15) is 0 Å². The van der Waals surface area contributed by atoms with Crippen LogP contribution in [0.2, 0.25) is 0 Å². The van der Waals surface area contributed by atoms with Gasteiger partial charge in [-0.25, -0.2) is 0 Å². The molecule has 17 heavy (non-hydrogen) atoms. The van der Waals surface area contributed by atoms with Gasteiger partial charge in [0, 0.05) is 31.2 Å². The zero-order valence-corrected chi connectivity index (χ0v) is 10.7. The van der Waals surface area contributed by atoms with E-state index >= 15 is 0 Å². The highest BCUT2D eigenvalue weighted by molar-refractivity contribution is 5.03. The van der Waals surface area contributed by atoms with Crippen LogP contribution in [0.4, 0.5) is 0 Å². The van der Waals surface area contributed by atoms with Gasteiger partial charge in [-0.05, 0) is 32.2 Å². The third-order valence-corrected chi connectivity index (χ3v) is 3.80. The number of likely N-dealkylation sites (tertiary alicyclic amines) is 1. The lowest BCUT2D eigenvalue weighted by Gasteiger charge is -2.41. The second-order valence-corrected chi connectivity index (χ2v) is 5.06. The van der Waals surface area contributed by atoms with Gasteiger partial charge in [0.25, 0.3) is 0 Å². The SMILES string of the molecule is CC1CCN(C(C)c2cnccn2)C(CN)C1. The van der Waals surface area contributed by atoms with Crippen LogP contribution in [-0.2, 0) is 0 Å². The third kappa shape index (κ3) is 2.82. The second kappa shape index (κ2) is 5.56. The van der Waals surface area contributed by atoms with E-state index < -0.39 is 0 Å². The average molecular weight is 234 g/mol. The third-order valence-electron chi connectivity index (χ3n) is 3.80. The zero-order chi connectivity index (χ0) is 12.3. The smallest absolute Gasteiger partial charge is 0.0755 e. The van der Waals surface area contributed by atoms with E-state index in [1.807, 2.05) is 6.20 Å². The van der Waals surface area contributed by atoms with Gasteiger partial charge < -0.3 is 5.73 Å². The molecule has 3 atom stereocenters. The lowest BCUT2D eigenvalue weighted by molar-refractivity contribution is 0.0814. The molecular formula is C13H22N4. The van der Waals surface area contributed by atoms with Crippen molar-refractivity contribution < 1.29 is 0 Å². The molecule has 4 nitrogen and oxygen atoms in total. The van der Waals surface area contributed by atoms with Crippen molar-refractivity contribution in [2.75, 3.05) is 13.1 Å². The van der Waals surface area contributed by atoms with Crippen LogP contribution in [-0.4, -0.2) is 34.0 Å². The van der Waals surface area contributed by atoms with Crippen molar-refractivity contribution >= 4 is 0 Å². The molecule has 0 bridgehead atoms. The Morgan fingerprint density at radius 3 is 3.00 bits per heavy atom. The molecule has 1 aromatic rings. The summed E-state index contributed by atoms with van der Waals surface area (Å²) < 4.78 is 0. The zero-order valence-electron chi connectivity index (χ0n) is 10.7. The molecule has 2 N–H and O–H groups in total. The van der Waals surface area contributed by atoms with Crippen molar-refractivity contribution in [2.24, 2.45) is 11.7 Å². The Hall–Kier alpha value is -1.00. The summed E-state index contributed by atoms with van der Waals surface area (Å²) >= 11 is 0. The molecule has 1 saturated heterocycles. The lowest BCUT2D eigenvalue weighted by Crippen LogP contribution is -2.47. The molecular weight excluding hydrogens is 212 g/mol. The molecule has 1 aliphatic rings. The van der Waals surface area contributed by atoms with Crippen LogP contribution >= 0.6 is 0 Å². The van der Waals surface area contributed by atoms with Gasteiger partial charge in [0.05, 0.1) is 11.7 Å². The fourth-order valence-corrected chi connectivity index (χ4v) is 2.71. The van der Waals surface area contributed by atoms with E-state index in [0.717, 1.165) is 24.7 Å². The Morgan fingerprint density at radius 1 is 1.53 bits per heavy atom. The Bertz CT molecular complexity index is 341. The summed E-state index contributed by atoms with van der Waals surface area (Å²) in [5, 5.41) is 0. The summed E-state index contributed by atoms with van der Waals surface area (Å²) in [6.07, 6.45) is 7.78. The van der Waals surface area contributed by atoms with Crippen molar-refractivity contribution in [2.45, 2.75) is 38.8 Å². The molecule has 94 valence electrons. The van der Waals surface area contributed by atoms with E-state index in [0.29, 0.717) is 12.1 Å². The molecule has 0 aliphatic carbocycles. The summed E-state index contributed by atoms with van der Waals surface area (Å²) in [7, 11) is 0. The van der Waals surface area contributed by atoms with Gasteiger partial charge in [-0.3, -0.25) is 14.9 Å². The van der Waals surface area contributed by atoms with Crippen LogP contribution in [0.15, 0.2) is 18.6 Å². The fraction of sp³-hybridized carbons (Fsp3) is 0.692. The maximum atomic E-state index is 5.89. The number of aromatic nitrogens is 2. The molecule has 0 spiro atoms. The number of nitrogens with zero attached hydrogens (tertiary/aromatic N) is 3. The minimum absolute atomic E-state index is 0.310. The molecule has 0 saturated carbocycles. The van der Waals surface area contributed by atoms with Gasteiger partial charge in [-0.15, -0.1) is 0 Å². The van der Waals surface area contributed by atoms with Crippen LogP contribution < -0.4 is 5.73 Å². The van der Waals surface area contributed by atoms with E-state index in [2.05, 4.69) is 28.7 Å². The van der Waals surface area contributed by atoms with Gasteiger partial charge >= 0.3 is 0 Å². The quantitative estimate of drug-likeness (QED) is 0.863. The molecule has 1 aromatic heterocycles. The topological polar surface area (TPSA) is 55.0 Å². The first-order valence-corrected chi connectivity index (χ1v) is 6.44. The van der Waals surface area contributed by atoms with Crippen molar-refractivity contribution in [3.8, 4) is 0 Å². The average Bonchev–Trinajstić information content (AvgIpc) is 2.39. The first kappa shape index (κ1) is 12.5. The molecule has 0 radical (unpaired) electrons. The van der Waals surface area contributed by atoms with Gasteiger partial charge in [0.15, 0.2) is 0 Å². The molecule has 0 aromatic carbocycles. The maximum absolute atomic E-state index is 5.89. The number of hydrogen-bond donors (Lipinski definition) is 1. The van der Waals surface area contributed by atoms with Gasteiger partial charge in [0.2, 0.25) is 0 Å².